The minimum Gasteiger partial charge on any atom is -0.298 e. The van der Waals surface area contributed by atoms with E-state index in [0.29, 0.717) is 11.7 Å². The fourth-order valence-electron chi connectivity index (χ4n) is 2.05. The van der Waals surface area contributed by atoms with Crippen molar-refractivity contribution < 1.29 is 4.79 Å². The van der Waals surface area contributed by atoms with Gasteiger partial charge in [-0.2, -0.15) is 5.10 Å². The van der Waals surface area contributed by atoms with E-state index in [0.717, 1.165) is 11.3 Å². The minimum absolute atomic E-state index is 0.199. The molecular formula is C17H16N4OS. The third kappa shape index (κ3) is 4.37. The maximum absolute atomic E-state index is 11.8. The van der Waals surface area contributed by atoms with Gasteiger partial charge in [-0.25, -0.2) is 4.98 Å². The molecule has 3 aromatic rings. The second-order valence-corrected chi connectivity index (χ2v) is 5.93. The van der Waals surface area contributed by atoms with Crippen LogP contribution in [0.25, 0.3) is 6.08 Å². The summed E-state index contributed by atoms with van der Waals surface area (Å²) in [6, 6.07) is 10.1. The lowest BCUT2D eigenvalue weighted by Crippen LogP contribution is -2.07. The number of hydrogen-bond acceptors (Lipinski definition) is 4. The number of nitrogens with zero attached hydrogens (tertiary/aromatic N) is 3. The van der Waals surface area contributed by atoms with Crippen molar-refractivity contribution in [3.05, 3.63) is 71.0 Å². The van der Waals surface area contributed by atoms with Crippen LogP contribution in [0.1, 0.15) is 16.8 Å². The fourth-order valence-corrected chi connectivity index (χ4v) is 2.74. The number of carbonyl (C=O) groups is 1. The van der Waals surface area contributed by atoms with Crippen molar-refractivity contribution >= 4 is 28.5 Å². The molecule has 0 spiro atoms. The lowest BCUT2D eigenvalue weighted by Gasteiger charge is -2.00. The van der Waals surface area contributed by atoms with Gasteiger partial charge < -0.3 is 0 Å². The Labute approximate surface area is 138 Å². The summed E-state index contributed by atoms with van der Waals surface area (Å²) in [6.07, 6.45) is 6.87. The number of amides is 1. The molecule has 0 bridgehead atoms. The van der Waals surface area contributed by atoms with Crippen molar-refractivity contribution in [3.63, 3.8) is 0 Å². The first-order valence-electron chi connectivity index (χ1n) is 7.16. The summed E-state index contributed by atoms with van der Waals surface area (Å²) in [5.41, 5.74) is 2.96. The van der Waals surface area contributed by atoms with Crippen LogP contribution in [0, 0.1) is 6.92 Å². The van der Waals surface area contributed by atoms with Crippen molar-refractivity contribution in [1.29, 1.82) is 0 Å². The Hall–Kier alpha value is -2.73. The van der Waals surface area contributed by atoms with E-state index >= 15 is 0 Å². The first-order chi connectivity index (χ1) is 11.2. The predicted octanol–water partition coefficient (Wildman–Crippen LogP) is 3.35. The highest BCUT2D eigenvalue weighted by Gasteiger charge is 2.02. The molecule has 0 atom stereocenters. The summed E-state index contributed by atoms with van der Waals surface area (Å²) >= 11 is 1.41. The topological polar surface area (TPSA) is 59.8 Å². The minimum atomic E-state index is -0.199. The van der Waals surface area contributed by atoms with Crippen LogP contribution in [0.2, 0.25) is 0 Å². The molecule has 2 aromatic heterocycles. The number of aromatic nitrogens is 3. The number of carbonyl (C=O) groups excluding carboxylic acids is 1. The molecule has 1 amide bonds. The van der Waals surface area contributed by atoms with E-state index in [9.17, 15) is 4.79 Å². The zero-order chi connectivity index (χ0) is 16.1. The monoisotopic (exact) mass is 324 g/mol. The Morgan fingerprint density at radius 3 is 2.91 bits per heavy atom. The van der Waals surface area contributed by atoms with Gasteiger partial charge in [0.05, 0.1) is 18.4 Å². The van der Waals surface area contributed by atoms with E-state index in [2.05, 4.69) is 27.5 Å². The molecule has 2 heterocycles. The van der Waals surface area contributed by atoms with Crippen LogP contribution in [0.5, 0.6) is 0 Å². The first kappa shape index (κ1) is 15.2. The number of aryl methyl sites for hydroxylation is 1. The number of anilines is 1. The first-order valence-corrected chi connectivity index (χ1v) is 8.04. The molecule has 3 rings (SSSR count). The molecule has 0 radical (unpaired) electrons. The maximum atomic E-state index is 11.8. The van der Waals surface area contributed by atoms with Crippen molar-refractivity contribution in [1.82, 2.24) is 14.8 Å². The third-order valence-electron chi connectivity index (χ3n) is 3.12. The Morgan fingerprint density at radius 2 is 2.17 bits per heavy atom. The average Bonchev–Trinajstić information content (AvgIpc) is 3.15. The van der Waals surface area contributed by atoms with Gasteiger partial charge in [-0.1, -0.05) is 30.3 Å². The molecule has 0 unspecified atom stereocenters. The van der Waals surface area contributed by atoms with E-state index in [1.807, 2.05) is 41.4 Å². The molecule has 1 aromatic carbocycles. The van der Waals surface area contributed by atoms with E-state index in [1.165, 1.54) is 23.0 Å². The van der Waals surface area contributed by atoms with Gasteiger partial charge >= 0.3 is 0 Å². The maximum Gasteiger partial charge on any atom is 0.250 e. The molecule has 23 heavy (non-hydrogen) atoms. The molecule has 116 valence electrons. The molecule has 0 saturated heterocycles. The van der Waals surface area contributed by atoms with Gasteiger partial charge in [-0.15, -0.1) is 11.3 Å². The van der Waals surface area contributed by atoms with E-state index in [1.54, 1.807) is 12.3 Å². The summed E-state index contributed by atoms with van der Waals surface area (Å²) in [5, 5.41) is 9.54. The Morgan fingerprint density at radius 1 is 1.35 bits per heavy atom. The van der Waals surface area contributed by atoms with E-state index < -0.39 is 0 Å². The van der Waals surface area contributed by atoms with Crippen molar-refractivity contribution in [2.24, 2.45) is 0 Å². The summed E-state index contributed by atoms with van der Waals surface area (Å²) in [6.45, 7) is 2.60. The van der Waals surface area contributed by atoms with Crippen LogP contribution in [-0.2, 0) is 11.3 Å². The summed E-state index contributed by atoms with van der Waals surface area (Å²) in [7, 11) is 0. The molecule has 0 saturated carbocycles. The second kappa shape index (κ2) is 7.02. The van der Waals surface area contributed by atoms with Crippen LogP contribution in [0.15, 0.2) is 54.2 Å². The summed E-state index contributed by atoms with van der Waals surface area (Å²) in [5.74, 6) is -0.199. The normalized spacial score (nSPS) is 11.0. The zero-order valence-electron chi connectivity index (χ0n) is 12.6. The van der Waals surface area contributed by atoms with Gasteiger partial charge in [0.15, 0.2) is 5.13 Å². The average molecular weight is 324 g/mol. The van der Waals surface area contributed by atoms with Crippen LogP contribution < -0.4 is 5.32 Å². The number of nitrogens with one attached hydrogen (secondary N) is 1. The van der Waals surface area contributed by atoms with Crippen molar-refractivity contribution in [2.45, 2.75) is 13.5 Å². The Bertz CT molecular complexity index is 820. The summed E-state index contributed by atoms with van der Waals surface area (Å²) in [4.78, 5) is 16.0. The number of hydrogen-bond donors (Lipinski definition) is 1. The zero-order valence-corrected chi connectivity index (χ0v) is 13.5. The number of thiazole rings is 1. The van der Waals surface area contributed by atoms with Crippen molar-refractivity contribution in [3.8, 4) is 0 Å². The molecule has 0 aliphatic rings. The molecule has 5 nitrogen and oxygen atoms in total. The van der Waals surface area contributed by atoms with Gasteiger partial charge in [-0.05, 0) is 18.6 Å². The standard InChI is InChI=1S/C17H16N4OS/c1-13-12-23-17(19-13)20-16(22)8-7-15-9-18-21(11-15)10-14-5-3-2-4-6-14/h2-9,11-12H,10H2,1H3,(H,19,20,22)/b8-7+. The van der Waals surface area contributed by atoms with E-state index in [4.69, 9.17) is 0 Å². The molecular weight excluding hydrogens is 308 g/mol. The summed E-state index contributed by atoms with van der Waals surface area (Å²) < 4.78 is 1.84. The quantitative estimate of drug-likeness (QED) is 0.732. The molecule has 0 fully saturated rings. The molecule has 1 N–H and O–H groups in total. The molecule has 0 aliphatic heterocycles. The van der Waals surface area contributed by atoms with Crippen molar-refractivity contribution in [2.75, 3.05) is 5.32 Å². The SMILES string of the molecule is Cc1csc(NC(=O)/C=C/c2cnn(Cc3ccccc3)c2)n1. The van der Waals surface area contributed by atoms with Gasteiger partial charge in [-0.3, -0.25) is 14.8 Å². The second-order valence-electron chi connectivity index (χ2n) is 5.07. The van der Waals surface area contributed by atoms with Crippen LogP contribution in [0.3, 0.4) is 0 Å². The lowest BCUT2D eigenvalue weighted by atomic mass is 10.2. The third-order valence-corrected chi connectivity index (χ3v) is 3.99. The highest BCUT2D eigenvalue weighted by molar-refractivity contribution is 7.13. The van der Waals surface area contributed by atoms with E-state index in [-0.39, 0.29) is 5.91 Å². The highest BCUT2D eigenvalue weighted by Crippen LogP contribution is 2.14. The molecule has 6 heteroatoms. The smallest absolute Gasteiger partial charge is 0.250 e. The molecule has 0 aliphatic carbocycles. The van der Waals surface area contributed by atoms with Gasteiger partial charge in [0.25, 0.3) is 0 Å². The van der Waals surface area contributed by atoms with Gasteiger partial charge in [0.1, 0.15) is 0 Å². The fraction of sp³-hybridized carbons (Fsp3) is 0.118. The van der Waals surface area contributed by atoms with Gasteiger partial charge in [0, 0.05) is 23.2 Å². The largest absolute Gasteiger partial charge is 0.298 e. The highest BCUT2D eigenvalue weighted by atomic mass is 32.1. The van der Waals surface area contributed by atoms with Gasteiger partial charge in [0.2, 0.25) is 5.91 Å². The number of benzene rings is 1. The van der Waals surface area contributed by atoms with Crippen LogP contribution in [0.4, 0.5) is 5.13 Å². The van der Waals surface area contributed by atoms with Crippen LogP contribution in [-0.4, -0.2) is 20.7 Å². The predicted molar refractivity (Wildman–Crippen MR) is 92.3 cm³/mol. The number of rotatable bonds is 5. The Kier molecular flexibility index (Phi) is 4.63. The van der Waals surface area contributed by atoms with Crippen LogP contribution >= 0.6 is 11.3 Å². The Balaban J connectivity index is 1.58. The lowest BCUT2D eigenvalue weighted by molar-refractivity contribution is -0.111.